The summed E-state index contributed by atoms with van der Waals surface area (Å²) in [5, 5.41) is 9.54. The molecule has 25 heavy (non-hydrogen) atoms. The van der Waals surface area contributed by atoms with Gasteiger partial charge in [-0.2, -0.15) is 5.26 Å². The van der Waals surface area contributed by atoms with Crippen LogP contribution in [0.1, 0.15) is 27.5 Å². The molecule has 122 valence electrons. The van der Waals surface area contributed by atoms with E-state index in [4.69, 9.17) is 0 Å². The number of nitriles is 1. The molecular formula is C21H17N3O. The molecular weight excluding hydrogens is 310 g/mol. The number of aromatic nitrogens is 1. The van der Waals surface area contributed by atoms with Gasteiger partial charge in [-0.1, -0.05) is 54.6 Å². The molecule has 0 saturated carbocycles. The van der Waals surface area contributed by atoms with Gasteiger partial charge in [0.25, 0.3) is 5.91 Å². The molecule has 3 aromatic rings. The van der Waals surface area contributed by atoms with Crippen LogP contribution in [0.2, 0.25) is 0 Å². The molecule has 1 atom stereocenters. The van der Waals surface area contributed by atoms with E-state index in [9.17, 15) is 10.1 Å². The first kappa shape index (κ1) is 16.4. The van der Waals surface area contributed by atoms with Crippen LogP contribution in [0.5, 0.6) is 0 Å². The minimum atomic E-state index is -0.669. The molecule has 0 unspecified atom stereocenters. The molecule has 0 bridgehead atoms. The van der Waals surface area contributed by atoms with Crippen molar-refractivity contribution >= 4 is 5.91 Å². The monoisotopic (exact) mass is 327 g/mol. The molecule has 0 aliphatic heterocycles. The number of hydrogen-bond donors (Lipinski definition) is 0. The van der Waals surface area contributed by atoms with Crippen molar-refractivity contribution in [2.24, 2.45) is 4.99 Å². The molecule has 0 amide bonds. The normalized spacial score (nSPS) is 12.4. The number of carbonyl (C=O) groups excluding carboxylic acids is 1. The lowest BCUT2D eigenvalue weighted by molar-refractivity contribution is 0.0954. The van der Waals surface area contributed by atoms with E-state index < -0.39 is 6.04 Å². The third kappa shape index (κ3) is 3.56. The molecule has 0 aliphatic carbocycles. The molecule has 0 saturated heterocycles. The molecule has 0 spiro atoms. The van der Waals surface area contributed by atoms with E-state index >= 15 is 0 Å². The highest BCUT2D eigenvalue weighted by molar-refractivity contribution is 5.95. The van der Waals surface area contributed by atoms with Crippen LogP contribution < -0.4 is 5.49 Å². The summed E-state index contributed by atoms with van der Waals surface area (Å²) < 4.78 is 1.50. The molecule has 3 rings (SSSR count). The molecule has 0 radical (unpaired) electrons. The second-order valence-electron chi connectivity index (χ2n) is 5.63. The first-order chi connectivity index (χ1) is 12.2. The Kier molecular flexibility index (Phi) is 4.87. The first-order valence-electron chi connectivity index (χ1n) is 7.97. The number of carbonyl (C=O) groups is 1. The molecule has 2 aromatic carbocycles. The third-order valence-electron chi connectivity index (χ3n) is 3.89. The van der Waals surface area contributed by atoms with Crippen LogP contribution >= 0.6 is 0 Å². The zero-order valence-electron chi connectivity index (χ0n) is 13.8. The lowest BCUT2D eigenvalue weighted by Crippen LogP contribution is -2.30. The standard InChI is InChI=1S/C21H17N3O/c1-16-9-8-14-24(21(25)18-12-6-3-7-13-18)20(16)23-19(15-22)17-10-4-2-5-11-17/h2-14,19H,1H3/t19-/m0/s1. The summed E-state index contributed by atoms with van der Waals surface area (Å²) in [5.41, 5.74) is 2.70. The zero-order valence-corrected chi connectivity index (χ0v) is 13.8. The fraction of sp³-hybridized carbons (Fsp3) is 0.0952. The van der Waals surface area contributed by atoms with Gasteiger partial charge >= 0.3 is 0 Å². The topological polar surface area (TPSA) is 58.1 Å². The van der Waals surface area contributed by atoms with Crippen LogP contribution in [0, 0.1) is 18.3 Å². The lowest BCUT2D eigenvalue weighted by atomic mass is 10.1. The summed E-state index contributed by atoms with van der Waals surface area (Å²) in [7, 11) is 0. The van der Waals surface area contributed by atoms with E-state index in [1.165, 1.54) is 4.57 Å². The average Bonchev–Trinajstić information content (AvgIpc) is 2.68. The van der Waals surface area contributed by atoms with Crippen molar-refractivity contribution in [2.45, 2.75) is 13.0 Å². The summed E-state index contributed by atoms with van der Waals surface area (Å²) in [6.45, 7) is 1.88. The number of aryl methyl sites for hydroxylation is 1. The predicted molar refractivity (Wildman–Crippen MR) is 95.7 cm³/mol. The van der Waals surface area contributed by atoms with E-state index in [1.807, 2.05) is 61.5 Å². The van der Waals surface area contributed by atoms with Gasteiger partial charge in [-0.15, -0.1) is 0 Å². The van der Waals surface area contributed by atoms with E-state index in [0.29, 0.717) is 11.1 Å². The predicted octanol–water partition coefficient (Wildman–Crippen LogP) is 3.65. The van der Waals surface area contributed by atoms with Gasteiger partial charge in [-0.25, -0.2) is 4.99 Å². The number of rotatable bonds is 3. The van der Waals surface area contributed by atoms with Gasteiger partial charge in [-0.05, 0) is 36.2 Å². The van der Waals surface area contributed by atoms with Crippen molar-refractivity contribution in [1.82, 2.24) is 4.57 Å². The van der Waals surface area contributed by atoms with Crippen LogP contribution in [0.3, 0.4) is 0 Å². The molecule has 1 aromatic heterocycles. The van der Waals surface area contributed by atoms with Crippen molar-refractivity contribution < 1.29 is 4.79 Å². The smallest absolute Gasteiger partial charge is 0.263 e. The second-order valence-corrected chi connectivity index (χ2v) is 5.63. The Morgan fingerprint density at radius 1 is 1.00 bits per heavy atom. The van der Waals surface area contributed by atoms with Gasteiger partial charge in [0.1, 0.15) is 5.49 Å². The maximum atomic E-state index is 12.8. The Labute approximate surface area is 146 Å². The van der Waals surface area contributed by atoms with Crippen molar-refractivity contribution in [2.75, 3.05) is 0 Å². The quantitative estimate of drug-likeness (QED) is 0.737. The highest BCUT2D eigenvalue weighted by atomic mass is 16.2. The van der Waals surface area contributed by atoms with E-state index in [1.54, 1.807) is 24.4 Å². The number of nitrogens with zero attached hydrogens (tertiary/aromatic N) is 3. The molecule has 4 nitrogen and oxygen atoms in total. The molecule has 0 fully saturated rings. The Balaban J connectivity index is 2.14. The lowest BCUT2D eigenvalue weighted by Gasteiger charge is -2.10. The largest absolute Gasteiger partial charge is 0.268 e. The van der Waals surface area contributed by atoms with Crippen molar-refractivity contribution in [3.63, 3.8) is 0 Å². The fourth-order valence-corrected chi connectivity index (χ4v) is 2.59. The van der Waals surface area contributed by atoms with Gasteiger partial charge in [0.2, 0.25) is 0 Å². The Bertz CT molecular complexity index is 983. The minimum Gasteiger partial charge on any atom is -0.268 e. The highest BCUT2D eigenvalue weighted by Gasteiger charge is 2.13. The number of pyridine rings is 1. The van der Waals surface area contributed by atoms with Crippen LogP contribution in [-0.2, 0) is 0 Å². The summed E-state index contributed by atoms with van der Waals surface area (Å²) in [6, 6.07) is 23.6. The summed E-state index contributed by atoms with van der Waals surface area (Å²) in [4.78, 5) is 17.4. The maximum absolute atomic E-state index is 12.8. The average molecular weight is 327 g/mol. The van der Waals surface area contributed by atoms with Crippen molar-refractivity contribution in [3.05, 3.63) is 101 Å². The number of benzene rings is 2. The summed E-state index contributed by atoms with van der Waals surface area (Å²) >= 11 is 0. The molecule has 1 heterocycles. The van der Waals surface area contributed by atoms with Crippen LogP contribution in [0.15, 0.2) is 84.0 Å². The van der Waals surface area contributed by atoms with Crippen LogP contribution in [-0.4, -0.2) is 10.5 Å². The van der Waals surface area contributed by atoms with Crippen molar-refractivity contribution in [1.29, 1.82) is 5.26 Å². The Morgan fingerprint density at radius 2 is 1.64 bits per heavy atom. The Hall–Kier alpha value is -3.45. The van der Waals surface area contributed by atoms with Crippen LogP contribution in [0.25, 0.3) is 0 Å². The Morgan fingerprint density at radius 3 is 2.28 bits per heavy atom. The highest BCUT2D eigenvalue weighted by Crippen LogP contribution is 2.15. The van der Waals surface area contributed by atoms with Crippen LogP contribution in [0.4, 0.5) is 0 Å². The maximum Gasteiger partial charge on any atom is 0.263 e. The summed E-state index contributed by atoms with van der Waals surface area (Å²) in [5.74, 6) is -0.173. The van der Waals surface area contributed by atoms with E-state index in [0.717, 1.165) is 11.1 Å². The van der Waals surface area contributed by atoms with Gasteiger partial charge in [0, 0.05) is 11.8 Å². The van der Waals surface area contributed by atoms with Gasteiger partial charge < -0.3 is 0 Å². The molecule has 4 heteroatoms. The van der Waals surface area contributed by atoms with Gasteiger partial charge in [0.15, 0.2) is 6.04 Å². The second kappa shape index (κ2) is 7.41. The van der Waals surface area contributed by atoms with Crippen molar-refractivity contribution in [3.8, 4) is 6.07 Å². The molecule has 0 aliphatic rings. The SMILES string of the molecule is Cc1cccn(C(=O)c2ccccc2)c1=N[C@@H](C#N)c1ccccc1. The first-order valence-corrected chi connectivity index (χ1v) is 7.97. The third-order valence-corrected chi connectivity index (χ3v) is 3.89. The van der Waals surface area contributed by atoms with Gasteiger partial charge in [0.05, 0.1) is 6.07 Å². The van der Waals surface area contributed by atoms with E-state index in [2.05, 4.69) is 11.1 Å². The minimum absolute atomic E-state index is 0.173. The summed E-state index contributed by atoms with van der Waals surface area (Å²) in [6.07, 6.45) is 1.68. The molecule has 0 N–H and O–H groups in total. The number of hydrogen-bond acceptors (Lipinski definition) is 3. The van der Waals surface area contributed by atoms with Gasteiger partial charge in [-0.3, -0.25) is 9.36 Å². The van der Waals surface area contributed by atoms with E-state index in [-0.39, 0.29) is 5.91 Å². The zero-order chi connectivity index (χ0) is 17.6. The fourth-order valence-electron chi connectivity index (χ4n) is 2.59.